The van der Waals surface area contributed by atoms with Gasteiger partial charge in [-0.15, -0.1) is 10.2 Å². The van der Waals surface area contributed by atoms with Crippen molar-refractivity contribution in [2.75, 3.05) is 7.11 Å². The molecular formula is C11H13N3O3. The summed E-state index contributed by atoms with van der Waals surface area (Å²) >= 11 is 0. The standard InChI is InChI=1S/C11H13N3O3/c1-15-8-2-4-9(5-3-8)16-7-11-14-13-10(6-12)17-11/h2-5H,6-7,12H2,1H3. The van der Waals surface area contributed by atoms with Gasteiger partial charge >= 0.3 is 0 Å². The summed E-state index contributed by atoms with van der Waals surface area (Å²) in [6.45, 7) is 0.453. The van der Waals surface area contributed by atoms with E-state index < -0.39 is 0 Å². The van der Waals surface area contributed by atoms with E-state index >= 15 is 0 Å². The van der Waals surface area contributed by atoms with Crippen molar-refractivity contribution in [3.63, 3.8) is 0 Å². The average molecular weight is 235 g/mol. The highest BCUT2D eigenvalue weighted by Gasteiger charge is 2.05. The van der Waals surface area contributed by atoms with Crippen molar-refractivity contribution >= 4 is 0 Å². The molecule has 2 aromatic rings. The number of hydrogen-bond acceptors (Lipinski definition) is 6. The summed E-state index contributed by atoms with van der Waals surface area (Å²) in [6.07, 6.45) is 0. The van der Waals surface area contributed by atoms with E-state index in [9.17, 15) is 0 Å². The summed E-state index contributed by atoms with van der Waals surface area (Å²) in [5.74, 6) is 2.29. The van der Waals surface area contributed by atoms with Gasteiger partial charge in [-0.2, -0.15) is 0 Å². The lowest BCUT2D eigenvalue weighted by Crippen LogP contribution is -1.96. The maximum absolute atomic E-state index is 5.46. The van der Waals surface area contributed by atoms with E-state index in [0.717, 1.165) is 5.75 Å². The summed E-state index contributed by atoms with van der Waals surface area (Å²) in [4.78, 5) is 0. The molecule has 1 aromatic carbocycles. The smallest absolute Gasteiger partial charge is 0.253 e. The van der Waals surface area contributed by atoms with Gasteiger partial charge in [-0.25, -0.2) is 0 Å². The molecule has 0 amide bonds. The highest BCUT2D eigenvalue weighted by Crippen LogP contribution is 2.17. The van der Waals surface area contributed by atoms with Crippen LogP contribution >= 0.6 is 0 Å². The lowest BCUT2D eigenvalue weighted by Gasteiger charge is -2.04. The van der Waals surface area contributed by atoms with Crippen LogP contribution in [-0.2, 0) is 13.2 Å². The Kier molecular flexibility index (Phi) is 3.56. The number of aromatic nitrogens is 2. The minimum absolute atomic E-state index is 0.222. The monoisotopic (exact) mass is 235 g/mol. The lowest BCUT2D eigenvalue weighted by atomic mass is 10.3. The van der Waals surface area contributed by atoms with Crippen LogP contribution in [0.2, 0.25) is 0 Å². The van der Waals surface area contributed by atoms with Gasteiger partial charge in [-0.05, 0) is 24.3 Å². The molecule has 0 aliphatic rings. The van der Waals surface area contributed by atoms with Crippen molar-refractivity contribution in [2.45, 2.75) is 13.2 Å². The number of nitrogens with two attached hydrogens (primary N) is 1. The van der Waals surface area contributed by atoms with E-state index in [0.29, 0.717) is 17.5 Å². The van der Waals surface area contributed by atoms with Crippen LogP contribution < -0.4 is 15.2 Å². The third-order valence-electron chi connectivity index (χ3n) is 2.11. The first-order valence-corrected chi connectivity index (χ1v) is 5.10. The average Bonchev–Trinajstić information content (AvgIpc) is 2.85. The SMILES string of the molecule is COc1ccc(OCc2nnc(CN)o2)cc1. The molecule has 6 heteroatoms. The molecule has 2 rings (SSSR count). The van der Waals surface area contributed by atoms with Gasteiger partial charge in [0, 0.05) is 0 Å². The Morgan fingerprint density at radius 2 is 1.76 bits per heavy atom. The van der Waals surface area contributed by atoms with Crippen LogP contribution in [0.4, 0.5) is 0 Å². The van der Waals surface area contributed by atoms with Crippen LogP contribution in [0.3, 0.4) is 0 Å². The van der Waals surface area contributed by atoms with E-state index in [2.05, 4.69) is 10.2 Å². The van der Waals surface area contributed by atoms with Crippen LogP contribution in [0.1, 0.15) is 11.8 Å². The first kappa shape index (κ1) is 11.4. The Morgan fingerprint density at radius 3 is 2.35 bits per heavy atom. The minimum Gasteiger partial charge on any atom is -0.497 e. The largest absolute Gasteiger partial charge is 0.497 e. The minimum atomic E-state index is 0.222. The maximum Gasteiger partial charge on any atom is 0.253 e. The van der Waals surface area contributed by atoms with Gasteiger partial charge in [0.2, 0.25) is 5.89 Å². The second kappa shape index (κ2) is 5.31. The fraction of sp³-hybridized carbons (Fsp3) is 0.273. The Labute approximate surface area is 98.4 Å². The Bertz CT molecular complexity index is 467. The van der Waals surface area contributed by atoms with Gasteiger partial charge in [-0.3, -0.25) is 0 Å². The molecule has 0 unspecified atom stereocenters. The van der Waals surface area contributed by atoms with Crippen molar-refractivity contribution in [2.24, 2.45) is 5.73 Å². The van der Waals surface area contributed by atoms with E-state index in [1.807, 2.05) is 12.1 Å². The zero-order valence-corrected chi connectivity index (χ0v) is 9.42. The third kappa shape index (κ3) is 2.94. The zero-order chi connectivity index (χ0) is 12.1. The first-order valence-electron chi connectivity index (χ1n) is 5.10. The van der Waals surface area contributed by atoms with Crippen LogP contribution in [0.15, 0.2) is 28.7 Å². The van der Waals surface area contributed by atoms with Crippen LogP contribution in [0, 0.1) is 0 Å². The van der Waals surface area contributed by atoms with Gasteiger partial charge in [0.15, 0.2) is 6.61 Å². The van der Waals surface area contributed by atoms with Crippen LogP contribution in [0.25, 0.3) is 0 Å². The number of rotatable bonds is 5. The Hall–Kier alpha value is -2.08. The summed E-state index contributed by atoms with van der Waals surface area (Å²) in [5.41, 5.74) is 5.35. The van der Waals surface area contributed by atoms with Crippen molar-refractivity contribution in [3.05, 3.63) is 36.0 Å². The Morgan fingerprint density at radius 1 is 1.12 bits per heavy atom. The topological polar surface area (TPSA) is 83.4 Å². The van der Waals surface area contributed by atoms with Gasteiger partial charge in [0.1, 0.15) is 11.5 Å². The number of methoxy groups -OCH3 is 1. The molecule has 90 valence electrons. The predicted octanol–water partition coefficient (Wildman–Crippen LogP) is 1.12. The fourth-order valence-corrected chi connectivity index (χ4v) is 1.25. The molecular weight excluding hydrogens is 222 g/mol. The molecule has 0 spiro atoms. The lowest BCUT2D eigenvalue weighted by molar-refractivity contribution is 0.258. The van der Waals surface area contributed by atoms with Gasteiger partial charge in [-0.1, -0.05) is 0 Å². The molecule has 0 atom stereocenters. The molecule has 2 N–H and O–H groups in total. The summed E-state index contributed by atoms with van der Waals surface area (Å²) in [7, 11) is 1.61. The number of nitrogens with zero attached hydrogens (tertiary/aromatic N) is 2. The summed E-state index contributed by atoms with van der Waals surface area (Å²) in [5, 5.41) is 7.52. The summed E-state index contributed by atoms with van der Waals surface area (Å²) in [6, 6.07) is 7.24. The zero-order valence-electron chi connectivity index (χ0n) is 9.42. The summed E-state index contributed by atoms with van der Waals surface area (Å²) < 4.78 is 15.7. The van der Waals surface area contributed by atoms with Crippen molar-refractivity contribution in [1.82, 2.24) is 10.2 Å². The molecule has 0 aliphatic carbocycles. The normalized spacial score (nSPS) is 10.2. The van der Waals surface area contributed by atoms with Gasteiger partial charge in [0.25, 0.3) is 5.89 Å². The van der Waals surface area contributed by atoms with E-state index in [1.54, 1.807) is 19.2 Å². The molecule has 0 saturated carbocycles. The highest BCUT2D eigenvalue weighted by molar-refractivity contribution is 5.31. The highest BCUT2D eigenvalue weighted by atomic mass is 16.5. The van der Waals surface area contributed by atoms with Crippen molar-refractivity contribution < 1.29 is 13.9 Å². The van der Waals surface area contributed by atoms with E-state index in [4.69, 9.17) is 19.6 Å². The molecule has 0 bridgehead atoms. The molecule has 1 heterocycles. The maximum atomic E-state index is 5.46. The Balaban J connectivity index is 1.92. The molecule has 1 aromatic heterocycles. The molecule has 0 radical (unpaired) electrons. The number of hydrogen-bond donors (Lipinski definition) is 1. The predicted molar refractivity (Wildman–Crippen MR) is 59.5 cm³/mol. The van der Waals surface area contributed by atoms with Gasteiger partial charge in [0.05, 0.1) is 13.7 Å². The molecule has 0 aliphatic heterocycles. The molecule has 0 fully saturated rings. The van der Waals surface area contributed by atoms with E-state index in [1.165, 1.54) is 0 Å². The van der Waals surface area contributed by atoms with Gasteiger partial charge < -0.3 is 19.6 Å². The number of ether oxygens (including phenoxy) is 2. The van der Waals surface area contributed by atoms with Crippen molar-refractivity contribution in [3.8, 4) is 11.5 Å². The third-order valence-corrected chi connectivity index (χ3v) is 2.11. The fourth-order valence-electron chi connectivity index (χ4n) is 1.25. The number of benzene rings is 1. The quantitative estimate of drug-likeness (QED) is 0.835. The van der Waals surface area contributed by atoms with Crippen LogP contribution in [-0.4, -0.2) is 17.3 Å². The second-order valence-electron chi connectivity index (χ2n) is 3.26. The van der Waals surface area contributed by atoms with Crippen LogP contribution in [0.5, 0.6) is 11.5 Å². The van der Waals surface area contributed by atoms with E-state index in [-0.39, 0.29) is 13.2 Å². The second-order valence-corrected chi connectivity index (χ2v) is 3.26. The molecule has 6 nitrogen and oxygen atoms in total. The molecule has 0 saturated heterocycles. The molecule has 17 heavy (non-hydrogen) atoms. The first-order chi connectivity index (χ1) is 8.31. The van der Waals surface area contributed by atoms with Crippen molar-refractivity contribution in [1.29, 1.82) is 0 Å².